The lowest BCUT2D eigenvalue weighted by Gasteiger charge is -2.11. The molecule has 0 saturated heterocycles. The van der Waals surface area contributed by atoms with Crippen molar-refractivity contribution in [1.29, 1.82) is 0 Å². The van der Waals surface area contributed by atoms with E-state index in [2.05, 4.69) is 25.2 Å². The molecule has 18 heavy (non-hydrogen) atoms. The Hall–Kier alpha value is -1.54. The zero-order valence-corrected chi connectivity index (χ0v) is 11.2. The number of nitrogens with one attached hydrogen (secondary N) is 1. The Kier molecular flexibility index (Phi) is 3.87. The molecule has 0 aromatic heterocycles. The van der Waals surface area contributed by atoms with Gasteiger partial charge in [0.2, 0.25) is 0 Å². The van der Waals surface area contributed by atoms with Gasteiger partial charge in [-0.05, 0) is 42.7 Å². The van der Waals surface area contributed by atoms with Crippen molar-refractivity contribution in [2.75, 3.05) is 5.32 Å². The average Bonchev–Trinajstić information content (AvgIpc) is 2.36. The lowest BCUT2D eigenvalue weighted by atomic mass is 10.0. The van der Waals surface area contributed by atoms with E-state index in [4.69, 9.17) is 11.6 Å². The van der Waals surface area contributed by atoms with Gasteiger partial charge < -0.3 is 5.32 Å². The summed E-state index contributed by atoms with van der Waals surface area (Å²) in [5.41, 5.74) is 4.06. The molecular weight excluding hydrogens is 249 g/mol. The maximum absolute atomic E-state index is 13.7. The summed E-state index contributed by atoms with van der Waals surface area (Å²) in [4.78, 5) is 0. The van der Waals surface area contributed by atoms with Gasteiger partial charge in [-0.3, -0.25) is 0 Å². The third-order valence-corrected chi connectivity index (χ3v) is 3.43. The monoisotopic (exact) mass is 263 g/mol. The maximum atomic E-state index is 13.7. The number of hydrogen-bond acceptors (Lipinski definition) is 1. The Morgan fingerprint density at radius 2 is 1.83 bits per heavy atom. The first-order valence-electron chi connectivity index (χ1n) is 5.82. The minimum Gasteiger partial charge on any atom is -0.379 e. The molecule has 94 valence electrons. The molecule has 2 aromatic carbocycles. The Balaban J connectivity index is 2.17. The molecule has 1 nitrogen and oxygen atoms in total. The van der Waals surface area contributed by atoms with Gasteiger partial charge in [0.25, 0.3) is 0 Å². The molecule has 0 fully saturated rings. The fourth-order valence-electron chi connectivity index (χ4n) is 1.83. The lowest BCUT2D eigenvalue weighted by Crippen LogP contribution is -2.04. The van der Waals surface area contributed by atoms with Gasteiger partial charge in [0.05, 0.1) is 10.7 Å². The first-order valence-corrected chi connectivity index (χ1v) is 6.20. The molecule has 3 heteroatoms. The minimum absolute atomic E-state index is 0.140. The van der Waals surface area contributed by atoms with Crippen molar-refractivity contribution in [3.8, 4) is 0 Å². The second kappa shape index (κ2) is 5.40. The van der Waals surface area contributed by atoms with Crippen LogP contribution >= 0.6 is 11.6 Å². The molecule has 0 atom stereocenters. The molecule has 0 heterocycles. The molecule has 1 N–H and O–H groups in total. The SMILES string of the molecule is Cc1cccc(CNc2cccc(Cl)c2F)c1C. The summed E-state index contributed by atoms with van der Waals surface area (Å²) in [5, 5.41) is 3.22. The highest BCUT2D eigenvalue weighted by molar-refractivity contribution is 6.31. The largest absolute Gasteiger partial charge is 0.379 e. The average molecular weight is 264 g/mol. The standard InChI is InChI=1S/C15H15ClFN/c1-10-5-3-6-12(11(10)2)9-18-14-8-4-7-13(16)15(14)17/h3-8,18H,9H2,1-2H3. The summed E-state index contributed by atoms with van der Waals surface area (Å²) in [6.45, 7) is 4.73. The molecule has 0 aliphatic carbocycles. The van der Waals surface area contributed by atoms with E-state index in [1.54, 1.807) is 18.2 Å². The van der Waals surface area contributed by atoms with Crippen molar-refractivity contribution in [2.24, 2.45) is 0 Å². The molecule has 0 aliphatic heterocycles. The number of benzene rings is 2. The second-order valence-corrected chi connectivity index (χ2v) is 4.72. The summed E-state index contributed by atoms with van der Waals surface area (Å²) in [6.07, 6.45) is 0. The number of anilines is 1. The smallest absolute Gasteiger partial charge is 0.164 e. The van der Waals surface area contributed by atoms with Crippen molar-refractivity contribution in [2.45, 2.75) is 20.4 Å². The molecule has 0 unspecified atom stereocenters. The topological polar surface area (TPSA) is 12.0 Å². The predicted octanol–water partition coefficient (Wildman–Crippen LogP) is 4.71. The first-order chi connectivity index (χ1) is 8.59. The number of rotatable bonds is 3. The van der Waals surface area contributed by atoms with Crippen LogP contribution in [0.2, 0.25) is 5.02 Å². The van der Waals surface area contributed by atoms with Gasteiger partial charge in [-0.2, -0.15) is 0 Å². The molecule has 2 aromatic rings. The van der Waals surface area contributed by atoms with Crippen LogP contribution in [0, 0.1) is 19.7 Å². The van der Waals surface area contributed by atoms with Crippen LogP contribution in [0.3, 0.4) is 0 Å². The molecule has 0 amide bonds. The van der Waals surface area contributed by atoms with Gasteiger partial charge in [0, 0.05) is 6.54 Å². The van der Waals surface area contributed by atoms with E-state index >= 15 is 0 Å². The summed E-state index contributed by atoms with van der Waals surface area (Å²) in [7, 11) is 0. The van der Waals surface area contributed by atoms with E-state index < -0.39 is 5.82 Å². The van der Waals surface area contributed by atoms with E-state index in [1.807, 2.05) is 12.1 Å². The zero-order chi connectivity index (χ0) is 13.1. The molecule has 0 bridgehead atoms. The van der Waals surface area contributed by atoms with Crippen LogP contribution in [0.5, 0.6) is 0 Å². The fraction of sp³-hybridized carbons (Fsp3) is 0.200. The highest BCUT2D eigenvalue weighted by atomic mass is 35.5. The Labute approximate surface area is 112 Å². The molecule has 0 radical (unpaired) electrons. The lowest BCUT2D eigenvalue weighted by molar-refractivity contribution is 0.630. The van der Waals surface area contributed by atoms with Gasteiger partial charge in [-0.15, -0.1) is 0 Å². The molecule has 0 aliphatic rings. The Morgan fingerprint density at radius 3 is 2.61 bits per heavy atom. The van der Waals surface area contributed by atoms with Crippen LogP contribution < -0.4 is 5.32 Å². The molecule has 0 saturated carbocycles. The Bertz CT molecular complexity index is 515. The van der Waals surface area contributed by atoms with E-state index in [0.717, 1.165) is 5.56 Å². The number of halogens is 2. The van der Waals surface area contributed by atoms with Crippen LogP contribution in [-0.2, 0) is 6.54 Å². The van der Waals surface area contributed by atoms with Crippen LogP contribution in [0.1, 0.15) is 16.7 Å². The van der Waals surface area contributed by atoms with Gasteiger partial charge in [-0.1, -0.05) is 35.9 Å². The van der Waals surface area contributed by atoms with Crippen molar-refractivity contribution in [1.82, 2.24) is 0 Å². The van der Waals surface area contributed by atoms with Gasteiger partial charge >= 0.3 is 0 Å². The van der Waals surface area contributed by atoms with Gasteiger partial charge in [0.1, 0.15) is 0 Å². The van der Waals surface area contributed by atoms with Crippen LogP contribution in [0.25, 0.3) is 0 Å². The highest BCUT2D eigenvalue weighted by Gasteiger charge is 2.06. The summed E-state index contributed by atoms with van der Waals surface area (Å²) in [6, 6.07) is 11.1. The van der Waals surface area contributed by atoms with E-state index in [9.17, 15) is 4.39 Å². The van der Waals surface area contributed by atoms with Gasteiger partial charge in [-0.25, -0.2) is 4.39 Å². The zero-order valence-electron chi connectivity index (χ0n) is 10.4. The van der Waals surface area contributed by atoms with Crippen LogP contribution in [0.15, 0.2) is 36.4 Å². The summed E-state index contributed by atoms with van der Waals surface area (Å²) < 4.78 is 13.7. The third-order valence-electron chi connectivity index (χ3n) is 3.14. The maximum Gasteiger partial charge on any atom is 0.164 e. The van der Waals surface area contributed by atoms with E-state index in [-0.39, 0.29) is 5.02 Å². The molecule has 0 spiro atoms. The van der Waals surface area contributed by atoms with Crippen LogP contribution in [0.4, 0.5) is 10.1 Å². The first kappa shape index (κ1) is 12.9. The van der Waals surface area contributed by atoms with Crippen molar-refractivity contribution >= 4 is 17.3 Å². The third kappa shape index (κ3) is 2.65. The van der Waals surface area contributed by atoms with E-state index in [0.29, 0.717) is 12.2 Å². The van der Waals surface area contributed by atoms with E-state index in [1.165, 1.54) is 11.1 Å². The quantitative estimate of drug-likeness (QED) is 0.846. The molecule has 2 rings (SSSR count). The van der Waals surface area contributed by atoms with Crippen molar-refractivity contribution < 1.29 is 4.39 Å². The van der Waals surface area contributed by atoms with Crippen molar-refractivity contribution in [3.63, 3.8) is 0 Å². The fourth-order valence-corrected chi connectivity index (χ4v) is 2.01. The summed E-state index contributed by atoms with van der Waals surface area (Å²) >= 11 is 5.74. The minimum atomic E-state index is -0.399. The van der Waals surface area contributed by atoms with Gasteiger partial charge in [0.15, 0.2) is 5.82 Å². The highest BCUT2D eigenvalue weighted by Crippen LogP contribution is 2.23. The van der Waals surface area contributed by atoms with Crippen molar-refractivity contribution in [3.05, 3.63) is 63.9 Å². The number of hydrogen-bond donors (Lipinski definition) is 1. The number of aryl methyl sites for hydroxylation is 1. The van der Waals surface area contributed by atoms with Crippen LogP contribution in [-0.4, -0.2) is 0 Å². The predicted molar refractivity (Wildman–Crippen MR) is 74.7 cm³/mol. The Morgan fingerprint density at radius 1 is 1.11 bits per heavy atom. The normalized spacial score (nSPS) is 10.4. The molecular formula is C15H15ClFN. The summed E-state index contributed by atoms with van der Waals surface area (Å²) in [5.74, 6) is -0.399. The second-order valence-electron chi connectivity index (χ2n) is 4.31.